The van der Waals surface area contributed by atoms with Crippen LogP contribution in [0.1, 0.15) is 20.3 Å². The third-order valence-corrected chi connectivity index (χ3v) is 3.30. The second-order valence-electron chi connectivity index (χ2n) is 4.76. The Bertz CT molecular complexity index is 404. The van der Waals surface area contributed by atoms with Crippen molar-refractivity contribution in [3.05, 3.63) is 29.8 Å². The van der Waals surface area contributed by atoms with Crippen molar-refractivity contribution in [1.82, 2.24) is 0 Å². The number of hydrogen-bond acceptors (Lipinski definition) is 2. The molecule has 1 aromatic carbocycles. The molecule has 0 saturated heterocycles. The van der Waals surface area contributed by atoms with Gasteiger partial charge in [0.25, 0.3) is 0 Å². The molecule has 1 aliphatic carbocycles. The first kappa shape index (κ1) is 11.3. The number of ether oxygens (including phenoxy) is 1. The molecule has 4 heteroatoms. The van der Waals surface area contributed by atoms with E-state index in [-0.39, 0.29) is 11.5 Å². The molecular weight excluding hydrogens is 214 g/mol. The average molecular weight is 228 g/mol. The minimum atomic E-state index is -0.921. The molecule has 88 valence electrons. The Morgan fingerprint density at radius 1 is 1.31 bits per heavy atom. The van der Waals surface area contributed by atoms with Crippen LogP contribution in [-0.4, -0.2) is 17.3 Å². The van der Waals surface area contributed by atoms with Gasteiger partial charge < -0.3 is 9.84 Å². The molecule has 1 fully saturated rings. The largest absolute Gasteiger partial charge is 0.490 e. The predicted octanol–water partition coefficient (Wildman–Crippen LogP) is 2.50. The number of aliphatic hydroxyl groups excluding tert-OH is 1. The van der Waals surface area contributed by atoms with Crippen LogP contribution >= 0.6 is 0 Å². The van der Waals surface area contributed by atoms with Crippen molar-refractivity contribution in [2.75, 3.05) is 0 Å². The summed E-state index contributed by atoms with van der Waals surface area (Å²) in [6, 6.07) is 3.45. The summed E-state index contributed by atoms with van der Waals surface area (Å²) in [5.74, 6) is -1.51. The molecule has 1 saturated carbocycles. The van der Waals surface area contributed by atoms with E-state index in [1.165, 1.54) is 6.07 Å². The Hall–Kier alpha value is -1.16. The molecule has 0 bridgehead atoms. The highest BCUT2D eigenvalue weighted by Crippen LogP contribution is 2.42. The van der Waals surface area contributed by atoms with Gasteiger partial charge in [0.1, 0.15) is 11.9 Å². The fraction of sp³-hybridized carbons (Fsp3) is 0.500. The molecule has 2 rings (SSSR count). The maximum Gasteiger partial charge on any atom is 0.162 e. The van der Waals surface area contributed by atoms with Gasteiger partial charge in [0, 0.05) is 17.9 Å². The zero-order valence-electron chi connectivity index (χ0n) is 9.21. The highest BCUT2D eigenvalue weighted by atomic mass is 19.2. The molecule has 2 unspecified atom stereocenters. The first-order chi connectivity index (χ1) is 7.41. The van der Waals surface area contributed by atoms with Crippen molar-refractivity contribution in [2.45, 2.75) is 32.5 Å². The van der Waals surface area contributed by atoms with Crippen molar-refractivity contribution >= 4 is 0 Å². The van der Waals surface area contributed by atoms with E-state index in [0.29, 0.717) is 12.2 Å². The van der Waals surface area contributed by atoms with Crippen molar-refractivity contribution in [3.8, 4) is 5.75 Å². The van der Waals surface area contributed by atoms with Crippen molar-refractivity contribution < 1.29 is 18.6 Å². The van der Waals surface area contributed by atoms with Crippen LogP contribution in [0.3, 0.4) is 0 Å². The molecule has 1 N–H and O–H groups in total. The number of rotatable bonds is 2. The van der Waals surface area contributed by atoms with Crippen LogP contribution in [0.2, 0.25) is 0 Å². The molecule has 2 atom stereocenters. The monoisotopic (exact) mass is 228 g/mol. The van der Waals surface area contributed by atoms with E-state index < -0.39 is 17.7 Å². The zero-order valence-corrected chi connectivity index (χ0v) is 9.21. The molecule has 0 heterocycles. The van der Waals surface area contributed by atoms with E-state index in [4.69, 9.17) is 4.74 Å². The standard InChI is InChI=1S/C12H14F2O2/c1-12(2)10(15)6-11(12)16-7-3-4-8(13)9(14)5-7/h3-5,10-11,15H,6H2,1-2H3. The Balaban J connectivity index is 2.08. The minimum absolute atomic E-state index is 0.160. The molecule has 0 aromatic heterocycles. The van der Waals surface area contributed by atoms with Crippen LogP contribution in [0, 0.1) is 17.0 Å². The lowest BCUT2D eigenvalue weighted by molar-refractivity contribution is -0.134. The van der Waals surface area contributed by atoms with Gasteiger partial charge in [0.05, 0.1) is 6.10 Å². The Morgan fingerprint density at radius 2 is 2.00 bits per heavy atom. The minimum Gasteiger partial charge on any atom is -0.490 e. The highest BCUT2D eigenvalue weighted by Gasteiger charge is 2.49. The van der Waals surface area contributed by atoms with E-state index in [9.17, 15) is 13.9 Å². The van der Waals surface area contributed by atoms with Gasteiger partial charge in [0.15, 0.2) is 11.6 Å². The topological polar surface area (TPSA) is 29.5 Å². The quantitative estimate of drug-likeness (QED) is 0.842. The molecule has 1 aromatic rings. The first-order valence-electron chi connectivity index (χ1n) is 5.21. The summed E-state index contributed by atoms with van der Waals surface area (Å²) >= 11 is 0. The molecular formula is C12H14F2O2. The third kappa shape index (κ3) is 1.78. The molecule has 16 heavy (non-hydrogen) atoms. The Morgan fingerprint density at radius 3 is 2.50 bits per heavy atom. The lowest BCUT2D eigenvalue weighted by Gasteiger charge is -2.48. The first-order valence-corrected chi connectivity index (χ1v) is 5.21. The maximum absolute atomic E-state index is 12.9. The molecule has 0 amide bonds. The third-order valence-electron chi connectivity index (χ3n) is 3.30. The second kappa shape index (κ2) is 3.70. The SMILES string of the molecule is CC1(C)C(O)CC1Oc1ccc(F)c(F)c1. The van der Waals surface area contributed by atoms with Gasteiger partial charge in [-0.05, 0) is 12.1 Å². The highest BCUT2D eigenvalue weighted by molar-refractivity contribution is 5.24. The van der Waals surface area contributed by atoms with Crippen LogP contribution < -0.4 is 4.74 Å². The van der Waals surface area contributed by atoms with Gasteiger partial charge in [-0.2, -0.15) is 0 Å². The van der Waals surface area contributed by atoms with Crippen molar-refractivity contribution in [1.29, 1.82) is 0 Å². The van der Waals surface area contributed by atoms with Crippen LogP contribution in [-0.2, 0) is 0 Å². The summed E-state index contributed by atoms with van der Waals surface area (Å²) in [6.07, 6.45) is -0.0402. The van der Waals surface area contributed by atoms with Gasteiger partial charge in [-0.15, -0.1) is 0 Å². The number of halogens is 2. The van der Waals surface area contributed by atoms with Crippen LogP contribution in [0.25, 0.3) is 0 Å². The van der Waals surface area contributed by atoms with Crippen LogP contribution in [0.4, 0.5) is 8.78 Å². The molecule has 0 aliphatic heterocycles. The van der Waals surface area contributed by atoms with Crippen molar-refractivity contribution in [2.24, 2.45) is 5.41 Å². The zero-order chi connectivity index (χ0) is 11.9. The van der Waals surface area contributed by atoms with E-state index in [2.05, 4.69) is 0 Å². The molecule has 0 spiro atoms. The molecule has 1 aliphatic rings. The average Bonchev–Trinajstić information content (AvgIpc) is 2.23. The Labute approximate surface area is 92.9 Å². The fourth-order valence-corrected chi connectivity index (χ4v) is 1.78. The van der Waals surface area contributed by atoms with Crippen LogP contribution in [0.15, 0.2) is 18.2 Å². The van der Waals surface area contributed by atoms with Gasteiger partial charge in [-0.1, -0.05) is 13.8 Å². The van der Waals surface area contributed by atoms with E-state index in [1.54, 1.807) is 0 Å². The fourth-order valence-electron chi connectivity index (χ4n) is 1.78. The Kier molecular flexibility index (Phi) is 2.62. The van der Waals surface area contributed by atoms with Gasteiger partial charge in [-0.25, -0.2) is 8.78 Å². The summed E-state index contributed by atoms with van der Waals surface area (Å²) in [7, 11) is 0. The second-order valence-corrected chi connectivity index (χ2v) is 4.76. The molecule has 2 nitrogen and oxygen atoms in total. The summed E-state index contributed by atoms with van der Waals surface area (Å²) in [5.41, 5.74) is -0.342. The molecule has 0 radical (unpaired) electrons. The van der Waals surface area contributed by atoms with Crippen LogP contribution in [0.5, 0.6) is 5.75 Å². The van der Waals surface area contributed by atoms with E-state index in [1.807, 2.05) is 13.8 Å². The number of hydrogen-bond donors (Lipinski definition) is 1. The maximum atomic E-state index is 12.9. The van der Waals surface area contributed by atoms with Gasteiger partial charge in [-0.3, -0.25) is 0 Å². The van der Waals surface area contributed by atoms with Gasteiger partial charge >= 0.3 is 0 Å². The summed E-state index contributed by atoms with van der Waals surface area (Å²) in [6.45, 7) is 3.76. The number of benzene rings is 1. The van der Waals surface area contributed by atoms with E-state index in [0.717, 1.165) is 12.1 Å². The summed E-state index contributed by atoms with van der Waals surface area (Å²) < 4.78 is 31.1. The predicted molar refractivity (Wildman–Crippen MR) is 55.2 cm³/mol. The van der Waals surface area contributed by atoms with Gasteiger partial charge in [0.2, 0.25) is 0 Å². The summed E-state index contributed by atoms with van der Waals surface area (Å²) in [4.78, 5) is 0. The smallest absolute Gasteiger partial charge is 0.162 e. The van der Waals surface area contributed by atoms with E-state index >= 15 is 0 Å². The normalized spacial score (nSPS) is 27.3. The lowest BCUT2D eigenvalue weighted by Crippen LogP contribution is -2.56. The summed E-state index contributed by atoms with van der Waals surface area (Å²) in [5, 5.41) is 9.51. The lowest BCUT2D eigenvalue weighted by atomic mass is 9.66. The van der Waals surface area contributed by atoms with Crippen molar-refractivity contribution in [3.63, 3.8) is 0 Å². The number of aliphatic hydroxyl groups is 1.